The van der Waals surface area contributed by atoms with Crippen molar-refractivity contribution in [1.29, 1.82) is 0 Å². The zero-order valence-corrected chi connectivity index (χ0v) is 18.8. The van der Waals surface area contributed by atoms with E-state index in [0.717, 1.165) is 37.0 Å². The van der Waals surface area contributed by atoms with Gasteiger partial charge in [-0.25, -0.2) is 0 Å². The van der Waals surface area contributed by atoms with Crippen LogP contribution < -0.4 is 15.5 Å². The van der Waals surface area contributed by atoms with Gasteiger partial charge in [-0.3, -0.25) is 4.79 Å². The number of anilines is 2. The van der Waals surface area contributed by atoms with Crippen LogP contribution in [0.15, 0.2) is 36.4 Å². The first-order valence-electron chi connectivity index (χ1n) is 9.52. The summed E-state index contributed by atoms with van der Waals surface area (Å²) in [4.78, 5) is 15.7. The first-order chi connectivity index (χ1) is 13.8. The second-order valence-electron chi connectivity index (χ2n) is 7.43. The highest BCUT2D eigenvalue weighted by molar-refractivity contribution is 7.80. The molecule has 0 bridgehead atoms. The van der Waals surface area contributed by atoms with Crippen molar-refractivity contribution < 1.29 is 9.69 Å². The smallest absolute Gasteiger partial charge is 0.279 e. The molecule has 0 unspecified atom stereocenters. The van der Waals surface area contributed by atoms with Crippen molar-refractivity contribution in [3.05, 3.63) is 57.6 Å². The summed E-state index contributed by atoms with van der Waals surface area (Å²) in [5.74, 6) is -0.0530. The van der Waals surface area contributed by atoms with Gasteiger partial charge in [0.15, 0.2) is 11.7 Å². The second kappa shape index (κ2) is 9.76. The molecular weight excluding hydrogens is 427 g/mol. The average Bonchev–Trinajstić information content (AvgIpc) is 2.60. The van der Waals surface area contributed by atoms with Gasteiger partial charge in [-0.2, -0.15) is 0 Å². The molecule has 0 saturated carbocycles. The van der Waals surface area contributed by atoms with Gasteiger partial charge in [0.1, 0.15) is 0 Å². The predicted octanol–water partition coefficient (Wildman–Crippen LogP) is 3.15. The number of rotatable bonds is 4. The van der Waals surface area contributed by atoms with Crippen molar-refractivity contribution >= 4 is 57.8 Å². The summed E-state index contributed by atoms with van der Waals surface area (Å²) in [7, 11) is 0. The van der Waals surface area contributed by atoms with Gasteiger partial charge < -0.3 is 20.4 Å². The minimum atomic E-state index is -0.0530. The number of nitrogens with zero attached hydrogens (tertiary/aromatic N) is 1. The number of hydrogen-bond donors (Lipinski definition) is 3. The molecule has 8 heteroatoms. The van der Waals surface area contributed by atoms with Crippen LogP contribution in [0.3, 0.4) is 0 Å². The molecule has 0 radical (unpaired) electrons. The number of thiocarbonyl (C=S) groups is 1. The van der Waals surface area contributed by atoms with Crippen molar-refractivity contribution in [3.63, 3.8) is 0 Å². The number of carbonyl (C=O) groups excluding carboxylic acids is 1. The fourth-order valence-corrected chi connectivity index (χ4v) is 4.34. The van der Waals surface area contributed by atoms with E-state index >= 15 is 0 Å². The minimum Gasteiger partial charge on any atom is -0.338 e. The maximum atomic E-state index is 12.4. The standard InChI is InChI=1S/C21H24Cl2N4OS/c1-14-7-15(2)9-18(8-14)25-21(29)27-5-3-26(4-6-27)13-20(28)24-19-11-16(22)10-17(23)12-19/h7-12H,3-6,13H2,1-2H3,(H,24,28)(H,25,29)/p+1. The number of benzene rings is 2. The molecule has 3 rings (SSSR count). The highest BCUT2D eigenvalue weighted by Crippen LogP contribution is 2.22. The first kappa shape index (κ1) is 21.8. The Hall–Kier alpha value is -1.86. The Balaban J connectivity index is 1.47. The number of quaternary nitrogens is 1. The molecule has 2 aromatic carbocycles. The molecule has 5 nitrogen and oxygen atoms in total. The summed E-state index contributed by atoms with van der Waals surface area (Å²) < 4.78 is 0. The summed E-state index contributed by atoms with van der Waals surface area (Å²) in [5.41, 5.74) is 4.04. The van der Waals surface area contributed by atoms with Gasteiger partial charge in [-0.15, -0.1) is 0 Å². The van der Waals surface area contributed by atoms with Gasteiger partial charge in [-0.05, 0) is 67.5 Å². The Bertz CT molecular complexity index is 873. The van der Waals surface area contributed by atoms with Crippen LogP contribution >= 0.6 is 35.4 Å². The van der Waals surface area contributed by atoms with E-state index in [0.29, 0.717) is 22.3 Å². The van der Waals surface area contributed by atoms with Crippen molar-refractivity contribution in [2.45, 2.75) is 13.8 Å². The number of nitrogens with one attached hydrogen (secondary N) is 3. The largest absolute Gasteiger partial charge is 0.338 e. The lowest BCUT2D eigenvalue weighted by atomic mass is 10.1. The zero-order chi connectivity index (χ0) is 21.0. The molecule has 0 spiro atoms. The number of amides is 1. The third kappa shape index (κ3) is 6.57. The lowest BCUT2D eigenvalue weighted by molar-refractivity contribution is -0.895. The normalized spacial score (nSPS) is 14.6. The highest BCUT2D eigenvalue weighted by Gasteiger charge is 2.23. The van der Waals surface area contributed by atoms with E-state index in [1.807, 2.05) is 0 Å². The van der Waals surface area contributed by atoms with Crippen molar-refractivity contribution in [3.8, 4) is 0 Å². The van der Waals surface area contributed by atoms with Crippen molar-refractivity contribution in [2.24, 2.45) is 0 Å². The highest BCUT2D eigenvalue weighted by atomic mass is 35.5. The van der Waals surface area contributed by atoms with E-state index in [1.54, 1.807) is 18.2 Å². The molecular formula is C21H25Cl2N4OS+. The Morgan fingerprint density at radius 3 is 2.10 bits per heavy atom. The Morgan fingerprint density at radius 1 is 0.966 bits per heavy atom. The summed E-state index contributed by atoms with van der Waals surface area (Å²) in [5, 5.41) is 7.93. The van der Waals surface area contributed by atoms with E-state index in [2.05, 4.69) is 47.6 Å². The molecule has 154 valence electrons. The number of hydrogen-bond acceptors (Lipinski definition) is 2. The summed E-state index contributed by atoms with van der Waals surface area (Å²) in [6, 6.07) is 11.3. The average molecular weight is 452 g/mol. The quantitative estimate of drug-likeness (QED) is 0.624. The van der Waals surface area contributed by atoms with Crippen LogP contribution in [-0.2, 0) is 4.79 Å². The van der Waals surface area contributed by atoms with E-state index in [9.17, 15) is 4.79 Å². The van der Waals surface area contributed by atoms with Crippen LogP contribution in [0, 0.1) is 13.8 Å². The van der Waals surface area contributed by atoms with Crippen LogP contribution in [0.25, 0.3) is 0 Å². The fraction of sp³-hybridized carbons (Fsp3) is 0.333. The number of piperazine rings is 1. The number of aryl methyl sites for hydroxylation is 2. The fourth-order valence-electron chi connectivity index (χ4n) is 3.51. The van der Waals surface area contributed by atoms with Gasteiger partial charge in [0, 0.05) is 21.4 Å². The lowest BCUT2D eigenvalue weighted by Crippen LogP contribution is -3.15. The third-order valence-electron chi connectivity index (χ3n) is 4.79. The maximum absolute atomic E-state index is 12.4. The van der Waals surface area contributed by atoms with Crippen LogP contribution in [0.1, 0.15) is 11.1 Å². The molecule has 3 N–H and O–H groups in total. The molecule has 0 aromatic heterocycles. The van der Waals surface area contributed by atoms with Crippen LogP contribution in [-0.4, -0.2) is 48.6 Å². The van der Waals surface area contributed by atoms with Gasteiger partial charge in [-0.1, -0.05) is 29.3 Å². The second-order valence-corrected chi connectivity index (χ2v) is 8.69. The lowest BCUT2D eigenvalue weighted by Gasteiger charge is -2.33. The number of halogens is 2. The van der Waals surface area contributed by atoms with E-state index in [1.165, 1.54) is 16.0 Å². The molecule has 1 aliphatic heterocycles. The molecule has 0 atom stereocenters. The Labute approximate surface area is 187 Å². The van der Waals surface area contributed by atoms with Crippen LogP contribution in [0.5, 0.6) is 0 Å². The van der Waals surface area contributed by atoms with E-state index in [-0.39, 0.29) is 5.91 Å². The van der Waals surface area contributed by atoms with Gasteiger partial charge in [0.05, 0.1) is 26.2 Å². The monoisotopic (exact) mass is 451 g/mol. The predicted molar refractivity (Wildman–Crippen MR) is 124 cm³/mol. The SMILES string of the molecule is Cc1cc(C)cc(NC(=S)N2CC[NH+](CC(=O)Nc3cc(Cl)cc(Cl)c3)CC2)c1. The molecule has 1 aliphatic rings. The van der Waals surface area contributed by atoms with Gasteiger partial charge >= 0.3 is 0 Å². The summed E-state index contributed by atoms with van der Waals surface area (Å²) >= 11 is 17.5. The van der Waals surface area contributed by atoms with Crippen LogP contribution in [0.4, 0.5) is 11.4 Å². The zero-order valence-electron chi connectivity index (χ0n) is 16.5. The Morgan fingerprint density at radius 2 is 1.52 bits per heavy atom. The van der Waals surface area contributed by atoms with Crippen LogP contribution in [0.2, 0.25) is 10.0 Å². The summed E-state index contributed by atoms with van der Waals surface area (Å²) in [6.45, 7) is 7.86. The van der Waals surface area contributed by atoms with Gasteiger partial charge in [0.2, 0.25) is 0 Å². The molecule has 0 aliphatic carbocycles. The van der Waals surface area contributed by atoms with E-state index in [4.69, 9.17) is 35.4 Å². The van der Waals surface area contributed by atoms with Crippen molar-refractivity contribution in [2.75, 3.05) is 43.4 Å². The number of carbonyl (C=O) groups is 1. The first-order valence-corrected chi connectivity index (χ1v) is 10.7. The van der Waals surface area contributed by atoms with Crippen molar-refractivity contribution in [1.82, 2.24) is 4.90 Å². The minimum absolute atomic E-state index is 0.0530. The Kier molecular flexibility index (Phi) is 7.35. The molecule has 29 heavy (non-hydrogen) atoms. The molecule has 1 saturated heterocycles. The van der Waals surface area contributed by atoms with Gasteiger partial charge in [0.25, 0.3) is 5.91 Å². The maximum Gasteiger partial charge on any atom is 0.279 e. The molecule has 2 aromatic rings. The topological polar surface area (TPSA) is 48.8 Å². The van der Waals surface area contributed by atoms with E-state index < -0.39 is 0 Å². The third-order valence-corrected chi connectivity index (χ3v) is 5.58. The molecule has 1 heterocycles. The molecule has 1 amide bonds. The summed E-state index contributed by atoms with van der Waals surface area (Å²) in [6.07, 6.45) is 0. The molecule has 1 fully saturated rings.